The minimum absolute atomic E-state index is 0.0188. The zero-order chi connectivity index (χ0) is 15.1. The van der Waals surface area contributed by atoms with Crippen molar-refractivity contribution in [3.8, 4) is 0 Å². The fourth-order valence-electron chi connectivity index (χ4n) is 2.00. The summed E-state index contributed by atoms with van der Waals surface area (Å²) >= 11 is 5.84. The van der Waals surface area contributed by atoms with E-state index in [0.29, 0.717) is 11.6 Å². The van der Waals surface area contributed by atoms with Crippen molar-refractivity contribution in [1.29, 1.82) is 0 Å². The molecule has 0 fully saturated rings. The number of pyridine rings is 1. The second kappa shape index (κ2) is 7.81. The quantitative estimate of drug-likeness (QED) is 0.831. The molecular weight excluding hydrogens is 284 g/mol. The lowest BCUT2D eigenvalue weighted by atomic mass is 10.1. The molecule has 0 aliphatic rings. The minimum atomic E-state index is 0.0188. The number of halogens is 1. The first-order valence-electron chi connectivity index (χ1n) is 7.03. The third-order valence-corrected chi connectivity index (χ3v) is 3.46. The lowest BCUT2D eigenvalue weighted by Gasteiger charge is -2.05. The number of benzene rings is 1. The van der Waals surface area contributed by atoms with Gasteiger partial charge in [0.2, 0.25) is 0 Å². The minimum Gasteiger partial charge on any atom is -0.330 e. The summed E-state index contributed by atoms with van der Waals surface area (Å²) in [6, 6.07) is 11.2. The van der Waals surface area contributed by atoms with Crippen molar-refractivity contribution in [3.05, 3.63) is 69.1 Å². The zero-order valence-corrected chi connectivity index (χ0v) is 12.6. The lowest BCUT2D eigenvalue weighted by Crippen LogP contribution is -2.19. The maximum atomic E-state index is 12.0. The van der Waals surface area contributed by atoms with Crippen LogP contribution in [0.25, 0.3) is 12.2 Å². The van der Waals surface area contributed by atoms with Crippen molar-refractivity contribution >= 4 is 23.8 Å². The molecular formula is C17H19ClN2O. The molecule has 2 rings (SSSR count). The number of aryl methyl sites for hydroxylation is 1. The number of unbranched alkanes of at least 4 members (excludes halogenated alkanes) is 1. The number of aromatic nitrogens is 1. The van der Waals surface area contributed by atoms with Gasteiger partial charge in [-0.1, -0.05) is 35.9 Å². The van der Waals surface area contributed by atoms with Gasteiger partial charge < -0.3 is 10.3 Å². The van der Waals surface area contributed by atoms with E-state index < -0.39 is 0 Å². The molecule has 0 aliphatic carbocycles. The SMILES string of the molecule is NCCCCn1ccc(/C=C/c2ccc(Cl)cc2)cc1=O. The van der Waals surface area contributed by atoms with Crippen molar-refractivity contribution in [1.82, 2.24) is 4.57 Å². The molecule has 0 bridgehead atoms. The molecule has 0 amide bonds. The van der Waals surface area contributed by atoms with Gasteiger partial charge in [0.05, 0.1) is 0 Å². The van der Waals surface area contributed by atoms with E-state index in [1.807, 2.05) is 48.7 Å². The van der Waals surface area contributed by atoms with Crippen LogP contribution in [0.4, 0.5) is 0 Å². The molecule has 0 spiro atoms. The Morgan fingerprint density at radius 1 is 1.05 bits per heavy atom. The van der Waals surface area contributed by atoms with Crippen LogP contribution in [0.2, 0.25) is 5.02 Å². The van der Waals surface area contributed by atoms with Gasteiger partial charge >= 0.3 is 0 Å². The molecule has 21 heavy (non-hydrogen) atoms. The Morgan fingerprint density at radius 2 is 1.76 bits per heavy atom. The second-order valence-corrected chi connectivity index (χ2v) is 5.31. The zero-order valence-electron chi connectivity index (χ0n) is 11.8. The standard InChI is InChI=1S/C17H19ClN2O/c18-16-7-5-14(6-8-16)3-4-15-9-12-20(17(21)13-15)11-2-1-10-19/h3-9,12-13H,1-2,10-11,19H2/b4-3+. The van der Waals surface area contributed by atoms with E-state index in [1.165, 1.54) is 0 Å². The summed E-state index contributed by atoms with van der Waals surface area (Å²) in [5.41, 5.74) is 7.41. The largest absolute Gasteiger partial charge is 0.330 e. The first kappa shape index (κ1) is 15.5. The highest BCUT2D eigenvalue weighted by Gasteiger charge is 1.97. The Labute approximate surface area is 129 Å². The summed E-state index contributed by atoms with van der Waals surface area (Å²) in [7, 11) is 0. The molecule has 1 heterocycles. The van der Waals surface area contributed by atoms with Crippen molar-refractivity contribution < 1.29 is 0 Å². The smallest absolute Gasteiger partial charge is 0.251 e. The molecule has 0 radical (unpaired) electrons. The van der Waals surface area contributed by atoms with E-state index in [0.717, 1.165) is 30.5 Å². The molecule has 0 aliphatic heterocycles. The van der Waals surface area contributed by atoms with E-state index in [4.69, 9.17) is 17.3 Å². The van der Waals surface area contributed by atoms with Gasteiger partial charge in [-0.2, -0.15) is 0 Å². The number of hydrogen-bond acceptors (Lipinski definition) is 2. The van der Waals surface area contributed by atoms with Crippen molar-refractivity contribution in [2.75, 3.05) is 6.54 Å². The van der Waals surface area contributed by atoms with E-state index in [1.54, 1.807) is 10.6 Å². The summed E-state index contributed by atoms with van der Waals surface area (Å²) in [6.07, 6.45) is 7.58. The lowest BCUT2D eigenvalue weighted by molar-refractivity contribution is 0.598. The maximum absolute atomic E-state index is 12.0. The molecule has 1 aromatic carbocycles. The van der Waals surface area contributed by atoms with Crippen molar-refractivity contribution in [2.24, 2.45) is 5.73 Å². The van der Waals surface area contributed by atoms with E-state index in [2.05, 4.69) is 0 Å². The highest BCUT2D eigenvalue weighted by Crippen LogP contribution is 2.12. The first-order valence-corrected chi connectivity index (χ1v) is 7.41. The number of nitrogens with two attached hydrogens (primary N) is 1. The van der Waals surface area contributed by atoms with Crippen LogP contribution in [0.15, 0.2) is 47.4 Å². The molecule has 0 atom stereocenters. The van der Waals surface area contributed by atoms with Gasteiger partial charge in [-0.25, -0.2) is 0 Å². The normalized spacial score (nSPS) is 11.1. The van der Waals surface area contributed by atoms with Crippen LogP contribution in [0.3, 0.4) is 0 Å². The molecule has 0 unspecified atom stereocenters. The Hall–Kier alpha value is -1.84. The highest BCUT2D eigenvalue weighted by molar-refractivity contribution is 6.30. The highest BCUT2D eigenvalue weighted by atomic mass is 35.5. The van der Waals surface area contributed by atoms with Crippen molar-refractivity contribution in [2.45, 2.75) is 19.4 Å². The predicted molar refractivity (Wildman–Crippen MR) is 89.4 cm³/mol. The number of nitrogens with zero attached hydrogens (tertiary/aromatic N) is 1. The van der Waals surface area contributed by atoms with Crippen LogP contribution >= 0.6 is 11.6 Å². The molecule has 4 heteroatoms. The molecule has 1 aromatic heterocycles. The van der Waals surface area contributed by atoms with E-state index in [-0.39, 0.29) is 5.56 Å². The second-order valence-electron chi connectivity index (χ2n) is 4.87. The maximum Gasteiger partial charge on any atom is 0.251 e. The average molecular weight is 303 g/mol. The summed E-state index contributed by atoms with van der Waals surface area (Å²) in [5.74, 6) is 0. The Morgan fingerprint density at radius 3 is 2.43 bits per heavy atom. The summed E-state index contributed by atoms with van der Waals surface area (Å²) < 4.78 is 1.72. The van der Waals surface area contributed by atoms with Gasteiger partial charge in [0.15, 0.2) is 0 Å². The van der Waals surface area contributed by atoms with Crippen LogP contribution < -0.4 is 11.3 Å². The van der Waals surface area contributed by atoms with E-state index in [9.17, 15) is 4.79 Å². The third-order valence-electron chi connectivity index (χ3n) is 3.21. The molecule has 110 valence electrons. The molecule has 0 saturated heterocycles. The third kappa shape index (κ3) is 4.88. The van der Waals surface area contributed by atoms with Crippen LogP contribution in [0, 0.1) is 0 Å². The molecule has 0 saturated carbocycles. The molecule has 2 N–H and O–H groups in total. The van der Waals surface area contributed by atoms with Gasteiger partial charge in [0.25, 0.3) is 5.56 Å². The Kier molecular flexibility index (Phi) is 5.78. The average Bonchev–Trinajstić information content (AvgIpc) is 2.49. The van der Waals surface area contributed by atoms with Gasteiger partial charge in [0.1, 0.15) is 0 Å². The summed E-state index contributed by atoms with van der Waals surface area (Å²) in [4.78, 5) is 12.0. The fraction of sp³-hybridized carbons (Fsp3) is 0.235. The predicted octanol–water partition coefficient (Wildman–Crippen LogP) is 3.41. The van der Waals surface area contributed by atoms with Gasteiger partial charge in [-0.15, -0.1) is 0 Å². The van der Waals surface area contributed by atoms with Crippen LogP contribution in [0.1, 0.15) is 24.0 Å². The molecule has 3 nitrogen and oxygen atoms in total. The summed E-state index contributed by atoms with van der Waals surface area (Å²) in [5, 5.41) is 0.715. The summed E-state index contributed by atoms with van der Waals surface area (Å²) in [6.45, 7) is 1.38. The van der Waals surface area contributed by atoms with E-state index >= 15 is 0 Å². The fourth-order valence-corrected chi connectivity index (χ4v) is 2.13. The van der Waals surface area contributed by atoms with Gasteiger partial charge in [-0.05, 0) is 48.7 Å². The Bertz CT molecular complexity index is 659. The Balaban J connectivity index is 2.06. The van der Waals surface area contributed by atoms with Gasteiger partial charge in [-0.3, -0.25) is 4.79 Å². The van der Waals surface area contributed by atoms with Crippen LogP contribution in [-0.2, 0) is 6.54 Å². The van der Waals surface area contributed by atoms with Crippen molar-refractivity contribution in [3.63, 3.8) is 0 Å². The van der Waals surface area contributed by atoms with Crippen LogP contribution in [-0.4, -0.2) is 11.1 Å². The topological polar surface area (TPSA) is 48.0 Å². The molecule has 2 aromatic rings. The number of hydrogen-bond donors (Lipinski definition) is 1. The van der Waals surface area contributed by atoms with Crippen LogP contribution in [0.5, 0.6) is 0 Å². The first-order chi connectivity index (χ1) is 10.2. The van der Waals surface area contributed by atoms with Gasteiger partial charge in [0, 0.05) is 23.8 Å². The monoisotopic (exact) mass is 302 g/mol. The number of rotatable bonds is 6.